The molecular weight excluding hydrogens is 321 g/mol. The maximum absolute atomic E-state index is 14.7. The van der Waals surface area contributed by atoms with Crippen LogP contribution in [0.5, 0.6) is 5.75 Å². The van der Waals surface area contributed by atoms with Crippen LogP contribution in [0.3, 0.4) is 0 Å². The highest BCUT2D eigenvalue weighted by atomic mass is 19.1. The maximum Gasteiger partial charge on any atom is 0.277 e. The molecule has 1 aromatic carbocycles. The molecule has 5 nitrogen and oxygen atoms in total. The Morgan fingerprint density at radius 3 is 2.76 bits per heavy atom. The Hall–Kier alpha value is -2.89. The summed E-state index contributed by atoms with van der Waals surface area (Å²) >= 11 is 0. The molecule has 1 amide bonds. The van der Waals surface area contributed by atoms with Gasteiger partial charge >= 0.3 is 0 Å². The number of hydrogen-bond donors (Lipinski definition) is 0. The van der Waals surface area contributed by atoms with Gasteiger partial charge in [0.15, 0.2) is 5.69 Å². The van der Waals surface area contributed by atoms with E-state index in [1.165, 1.54) is 4.40 Å². The standard InChI is InChI=1S/C19H18FN3O2/c1-12-5-3-8-16-21-17(18(20)23(12)16)19(24)22-10-9-15(22)13-6-4-7-14(11-13)25-2/h3-8,11,15H,9-10H2,1-2H3/t15-/m1/s1. The number of fused-ring (bicyclic) bond motifs is 1. The van der Waals surface area contributed by atoms with Crippen LogP contribution in [0.4, 0.5) is 4.39 Å². The van der Waals surface area contributed by atoms with Gasteiger partial charge in [0.05, 0.1) is 13.2 Å². The zero-order valence-corrected chi connectivity index (χ0v) is 14.1. The van der Waals surface area contributed by atoms with Gasteiger partial charge in [0.1, 0.15) is 11.4 Å². The SMILES string of the molecule is COc1cccc([C@H]2CCN2C(=O)c2nc3cccc(C)n3c2F)c1. The molecular formula is C19H18FN3O2. The van der Waals surface area contributed by atoms with Gasteiger partial charge in [-0.05, 0) is 43.2 Å². The number of carbonyl (C=O) groups is 1. The molecule has 2 aromatic heterocycles. The van der Waals surface area contributed by atoms with Crippen molar-refractivity contribution in [3.05, 3.63) is 65.4 Å². The van der Waals surface area contributed by atoms with Gasteiger partial charge < -0.3 is 9.64 Å². The van der Waals surface area contributed by atoms with E-state index in [0.29, 0.717) is 17.9 Å². The molecule has 0 aliphatic carbocycles. The first kappa shape index (κ1) is 15.6. The average molecular weight is 339 g/mol. The molecule has 0 unspecified atom stereocenters. The fourth-order valence-corrected chi connectivity index (χ4v) is 3.31. The summed E-state index contributed by atoms with van der Waals surface area (Å²) in [5, 5.41) is 0. The van der Waals surface area contributed by atoms with E-state index in [2.05, 4.69) is 4.98 Å². The smallest absolute Gasteiger partial charge is 0.277 e. The number of methoxy groups -OCH3 is 1. The minimum absolute atomic E-state index is 0.0760. The second kappa shape index (κ2) is 5.88. The summed E-state index contributed by atoms with van der Waals surface area (Å²) in [6.07, 6.45) is 0.840. The van der Waals surface area contributed by atoms with Crippen molar-refractivity contribution < 1.29 is 13.9 Å². The molecule has 3 aromatic rings. The third-order valence-electron chi connectivity index (χ3n) is 4.74. The lowest BCUT2D eigenvalue weighted by molar-refractivity contribution is 0.0449. The predicted molar refractivity (Wildman–Crippen MR) is 91.3 cm³/mol. The Bertz CT molecular complexity index is 966. The van der Waals surface area contributed by atoms with Crippen LogP contribution >= 0.6 is 0 Å². The van der Waals surface area contributed by atoms with Crippen LogP contribution in [0, 0.1) is 12.9 Å². The molecule has 1 atom stereocenters. The Balaban J connectivity index is 1.67. The predicted octanol–water partition coefficient (Wildman–Crippen LogP) is 3.38. The van der Waals surface area contributed by atoms with E-state index in [1.807, 2.05) is 24.3 Å². The highest BCUT2D eigenvalue weighted by molar-refractivity contribution is 5.94. The Labute approximate surface area is 144 Å². The first-order valence-corrected chi connectivity index (χ1v) is 8.18. The number of benzene rings is 1. The molecule has 1 aliphatic heterocycles. The largest absolute Gasteiger partial charge is 0.497 e. The maximum atomic E-state index is 14.7. The minimum Gasteiger partial charge on any atom is -0.497 e. The second-order valence-corrected chi connectivity index (χ2v) is 6.19. The van der Waals surface area contributed by atoms with Crippen molar-refractivity contribution in [2.45, 2.75) is 19.4 Å². The summed E-state index contributed by atoms with van der Waals surface area (Å²) in [6, 6.07) is 12.8. The van der Waals surface area contributed by atoms with Crippen LogP contribution in [0.2, 0.25) is 0 Å². The van der Waals surface area contributed by atoms with Gasteiger partial charge in [-0.1, -0.05) is 18.2 Å². The van der Waals surface area contributed by atoms with Crippen LogP contribution < -0.4 is 4.74 Å². The molecule has 25 heavy (non-hydrogen) atoms. The van der Waals surface area contributed by atoms with Gasteiger partial charge in [-0.15, -0.1) is 0 Å². The zero-order chi connectivity index (χ0) is 17.6. The van der Waals surface area contributed by atoms with Crippen molar-refractivity contribution >= 4 is 11.6 Å². The Morgan fingerprint density at radius 2 is 2.08 bits per heavy atom. The molecule has 1 fully saturated rings. The number of aromatic nitrogens is 2. The van der Waals surface area contributed by atoms with E-state index in [-0.39, 0.29) is 17.6 Å². The van der Waals surface area contributed by atoms with Gasteiger partial charge in [0, 0.05) is 12.2 Å². The van der Waals surface area contributed by atoms with Crippen molar-refractivity contribution in [1.29, 1.82) is 0 Å². The summed E-state index contributed by atoms with van der Waals surface area (Å²) in [5.41, 5.74) is 2.01. The molecule has 0 spiro atoms. The van der Waals surface area contributed by atoms with Crippen LogP contribution in [0.1, 0.15) is 34.2 Å². The van der Waals surface area contributed by atoms with Crippen molar-refractivity contribution in [2.24, 2.45) is 0 Å². The lowest BCUT2D eigenvalue weighted by Gasteiger charge is -2.41. The number of amides is 1. The van der Waals surface area contributed by atoms with E-state index < -0.39 is 5.95 Å². The molecule has 3 heterocycles. The molecule has 1 saturated heterocycles. The molecule has 0 saturated carbocycles. The minimum atomic E-state index is -0.602. The average Bonchev–Trinajstić information content (AvgIpc) is 2.92. The number of likely N-dealkylation sites (tertiary alicyclic amines) is 1. The van der Waals surface area contributed by atoms with Gasteiger partial charge in [-0.2, -0.15) is 4.39 Å². The van der Waals surface area contributed by atoms with E-state index >= 15 is 0 Å². The first-order valence-electron chi connectivity index (χ1n) is 8.18. The fourth-order valence-electron chi connectivity index (χ4n) is 3.31. The van der Waals surface area contributed by atoms with Crippen LogP contribution in [-0.2, 0) is 0 Å². The number of aryl methyl sites for hydroxylation is 1. The van der Waals surface area contributed by atoms with Crippen LogP contribution in [0.15, 0.2) is 42.5 Å². The highest BCUT2D eigenvalue weighted by Gasteiger charge is 2.36. The summed E-state index contributed by atoms with van der Waals surface area (Å²) in [5.74, 6) is -0.236. The summed E-state index contributed by atoms with van der Waals surface area (Å²) in [6.45, 7) is 2.38. The number of imidazole rings is 1. The lowest BCUT2D eigenvalue weighted by atomic mass is 9.94. The molecule has 0 N–H and O–H groups in total. The summed E-state index contributed by atoms with van der Waals surface area (Å²) < 4.78 is 21.4. The first-order chi connectivity index (χ1) is 12.1. The quantitative estimate of drug-likeness (QED) is 0.735. The van der Waals surface area contributed by atoms with Gasteiger partial charge in [0.25, 0.3) is 5.91 Å². The number of pyridine rings is 1. The topological polar surface area (TPSA) is 46.8 Å². The van der Waals surface area contributed by atoms with Gasteiger partial charge in [-0.25, -0.2) is 4.98 Å². The molecule has 0 bridgehead atoms. The normalized spacial score (nSPS) is 16.8. The monoisotopic (exact) mass is 339 g/mol. The third-order valence-corrected chi connectivity index (χ3v) is 4.74. The van der Waals surface area contributed by atoms with Crippen LogP contribution in [-0.4, -0.2) is 33.8 Å². The van der Waals surface area contributed by atoms with Crippen molar-refractivity contribution in [1.82, 2.24) is 14.3 Å². The van der Waals surface area contributed by atoms with Crippen molar-refractivity contribution in [2.75, 3.05) is 13.7 Å². The molecule has 4 rings (SSSR count). The number of carbonyl (C=O) groups excluding carboxylic acids is 1. The zero-order valence-electron chi connectivity index (χ0n) is 14.1. The van der Waals surface area contributed by atoms with E-state index in [0.717, 1.165) is 17.7 Å². The molecule has 1 aliphatic rings. The molecule has 128 valence electrons. The van der Waals surface area contributed by atoms with E-state index in [1.54, 1.807) is 37.1 Å². The van der Waals surface area contributed by atoms with Crippen LogP contribution in [0.25, 0.3) is 5.65 Å². The number of nitrogens with zero attached hydrogens (tertiary/aromatic N) is 3. The fraction of sp³-hybridized carbons (Fsp3) is 0.263. The number of ether oxygens (including phenoxy) is 1. The third kappa shape index (κ3) is 2.45. The van der Waals surface area contributed by atoms with E-state index in [9.17, 15) is 9.18 Å². The van der Waals surface area contributed by atoms with Gasteiger partial charge in [-0.3, -0.25) is 9.20 Å². The number of hydrogen-bond acceptors (Lipinski definition) is 3. The summed E-state index contributed by atoms with van der Waals surface area (Å²) in [7, 11) is 1.61. The molecule has 0 radical (unpaired) electrons. The lowest BCUT2D eigenvalue weighted by Crippen LogP contribution is -2.45. The van der Waals surface area contributed by atoms with Gasteiger partial charge in [0.2, 0.25) is 5.95 Å². The Kier molecular flexibility index (Phi) is 3.67. The highest BCUT2D eigenvalue weighted by Crippen LogP contribution is 2.36. The number of halogens is 1. The Morgan fingerprint density at radius 1 is 1.28 bits per heavy atom. The second-order valence-electron chi connectivity index (χ2n) is 6.19. The van der Waals surface area contributed by atoms with Crippen molar-refractivity contribution in [3.63, 3.8) is 0 Å². The number of rotatable bonds is 3. The molecule has 6 heteroatoms. The van der Waals surface area contributed by atoms with Crippen molar-refractivity contribution in [3.8, 4) is 5.75 Å². The van der Waals surface area contributed by atoms with E-state index in [4.69, 9.17) is 4.74 Å². The summed E-state index contributed by atoms with van der Waals surface area (Å²) in [4.78, 5) is 18.7.